The molecule has 0 spiro atoms. The molecule has 0 aromatic heterocycles. The van der Waals surface area contributed by atoms with Gasteiger partial charge in [-0.1, -0.05) is 34.1 Å². The van der Waals surface area contributed by atoms with Crippen LogP contribution in [0.25, 0.3) is 0 Å². The molecular formula is C16H34N2O4. The van der Waals surface area contributed by atoms with Crippen molar-refractivity contribution in [3.63, 3.8) is 0 Å². The minimum absolute atomic E-state index is 0.176. The van der Waals surface area contributed by atoms with E-state index in [1.54, 1.807) is 0 Å². The van der Waals surface area contributed by atoms with Gasteiger partial charge < -0.3 is 21.3 Å². The van der Waals surface area contributed by atoms with Crippen molar-refractivity contribution in [3.05, 3.63) is 0 Å². The molecule has 22 heavy (non-hydrogen) atoms. The molecular weight excluding hydrogens is 284 g/mol. The third kappa shape index (κ3) is 12.6. The Morgan fingerprint density at radius 2 is 1.59 bits per heavy atom. The second kappa shape index (κ2) is 10.6. The van der Waals surface area contributed by atoms with Crippen molar-refractivity contribution in [1.82, 2.24) is 0 Å². The molecule has 3 unspecified atom stereocenters. The molecule has 0 saturated heterocycles. The summed E-state index contributed by atoms with van der Waals surface area (Å²) in [5, 5.41) is 8.31. The van der Waals surface area contributed by atoms with Crippen LogP contribution < -0.4 is 11.5 Å². The van der Waals surface area contributed by atoms with Crippen molar-refractivity contribution < 1.29 is 19.4 Å². The summed E-state index contributed by atoms with van der Waals surface area (Å²) in [6.07, 6.45) is 1.44. The molecule has 5 N–H and O–H groups in total. The zero-order valence-corrected chi connectivity index (χ0v) is 15.1. The van der Waals surface area contributed by atoms with E-state index in [1.807, 2.05) is 48.5 Å². The van der Waals surface area contributed by atoms with Crippen molar-refractivity contribution in [1.29, 1.82) is 0 Å². The Hall–Kier alpha value is -1.14. The number of hydrogen-bond donors (Lipinski definition) is 3. The van der Waals surface area contributed by atoms with Crippen LogP contribution in [0.5, 0.6) is 0 Å². The number of carboxylic acid groups (broad SMARTS) is 1. The Bertz CT molecular complexity index is 338. The number of rotatable bonds is 6. The minimum Gasteiger partial charge on any atom is -0.480 e. The van der Waals surface area contributed by atoms with E-state index < -0.39 is 23.7 Å². The number of nitrogens with two attached hydrogens (primary N) is 2. The molecule has 0 aliphatic heterocycles. The van der Waals surface area contributed by atoms with Crippen LogP contribution in [-0.2, 0) is 14.3 Å². The Morgan fingerprint density at radius 3 is 1.82 bits per heavy atom. The number of carboxylic acids is 1. The number of hydrogen-bond acceptors (Lipinski definition) is 5. The fourth-order valence-corrected chi connectivity index (χ4v) is 1.46. The van der Waals surface area contributed by atoms with Crippen LogP contribution in [-0.4, -0.2) is 34.7 Å². The molecule has 0 rings (SSSR count). The molecule has 132 valence electrons. The van der Waals surface area contributed by atoms with Gasteiger partial charge >= 0.3 is 11.9 Å². The minimum atomic E-state index is -0.913. The summed E-state index contributed by atoms with van der Waals surface area (Å²) in [7, 11) is 0. The van der Waals surface area contributed by atoms with Gasteiger partial charge in [0.2, 0.25) is 0 Å². The van der Waals surface area contributed by atoms with Crippen molar-refractivity contribution in [2.45, 2.75) is 79.0 Å². The molecule has 0 aliphatic rings. The monoisotopic (exact) mass is 318 g/mol. The number of esters is 1. The Kier molecular flexibility index (Phi) is 11.1. The third-order valence-electron chi connectivity index (χ3n) is 2.98. The first-order chi connectivity index (χ1) is 9.81. The molecule has 0 aliphatic carbocycles. The molecule has 0 heterocycles. The maximum atomic E-state index is 11.4. The van der Waals surface area contributed by atoms with E-state index in [0.717, 1.165) is 6.42 Å². The van der Waals surface area contributed by atoms with Crippen LogP contribution in [0.4, 0.5) is 0 Å². The maximum Gasteiger partial charge on any atom is 0.323 e. The lowest BCUT2D eigenvalue weighted by Gasteiger charge is -2.24. The number of carbonyl (C=O) groups is 2. The van der Waals surface area contributed by atoms with E-state index >= 15 is 0 Å². The lowest BCUT2D eigenvalue weighted by atomic mass is 10.00. The Labute approximate surface area is 134 Å². The lowest BCUT2D eigenvalue weighted by Crippen LogP contribution is -2.41. The highest BCUT2D eigenvalue weighted by Crippen LogP contribution is 2.12. The van der Waals surface area contributed by atoms with Crippen LogP contribution in [0.1, 0.15) is 61.3 Å². The first-order valence-corrected chi connectivity index (χ1v) is 7.78. The van der Waals surface area contributed by atoms with Gasteiger partial charge in [-0.15, -0.1) is 0 Å². The van der Waals surface area contributed by atoms with Crippen molar-refractivity contribution >= 4 is 11.9 Å². The van der Waals surface area contributed by atoms with E-state index in [-0.39, 0.29) is 11.9 Å². The van der Waals surface area contributed by atoms with E-state index in [1.165, 1.54) is 0 Å². The summed E-state index contributed by atoms with van der Waals surface area (Å²) < 4.78 is 5.16. The van der Waals surface area contributed by atoms with Gasteiger partial charge in [0.15, 0.2) is 0 Å². The van der Waals surface area contributed by atoms with Crippen LogP contribution >= 0.6 is 0 Å². The highest BCUT2D eigenvalue weighted by Gasteiger charge is 2.25. The van der Waals surface area contributed by atoms with Crippen LogP contribution in [0, 0.1) is 11.8 Å². The average molecular weight is 318 g/mol. The van der Waals surface area contributed by atoms with Crippen molar-refractivity contribution in [3.8, 4) is 0 Å². The number of carbonyl (C=O) groups excluding carboxylic acids is 1. The zero-order valence-electron chi connectivity index (χ0n) is 15.1. The fraction of sp³-hybridized carbons (Fsp3) is 0.875. The predicted octanol–water partition coefficient (Wildman–Crippen LogP) is 2.15. The van der Waals surface area contributed by atoms with E-state index in [9.17, 15) is 9.59 Å². The molecule has 0 aromatic rings. The van der Waals surface area contributed by atoms with E-state index in [0.29, 0.717) is 12.3 Å². The van der Waals surface area contributed by atoms with Crippen LogP contribution in [0.3, 0.4) is 0 Å². The second-order valence-corrected chi connectivity index (χ2v) is 7.02. The van der Waals surface area contributed by atoms with Gasteiger partial charge in [-0.05, 0) is 39.0 Å². The third-order valence-corrected chi connectivity index (χ3v) is 2.98. The summed E-state index contributed by atoms with van der Waals surface area (Å²) in [5.74, 6) is -0.684. The van der Waals surface area contributed by atoms with Crippen LogP contribution in [0.15, 0.2) is 0 Å². The summed E-state index contributed by atoms with van der Waals surface area (Å²) in [5.41, 5.74) is 10.5. The topological polar surface area (TPSA) is 116 Å². The van der Waals surface area contributed by atoms with Crippen molar-refractivity contribution in [2.75, 3.05) is 0 Å². The molecule has 0 saturated carbocycles. The first-order valence-electron chi connectivity index (χ1n) is 7.78. The predicted molar refractivity (Wildman–Crippen MR) is 88.3 cm³/mol. The lowest BCUT2D eigenvalue weighted by molar-refractivity contribution is -0.157. The van der Waals surface area contributed by atoms with Gasteiger partial charge in [-0.2, -0.15) is 0 Å². The van der Waals surface area contributed by atoms with Crippen LogP contribution in [0.2, 0.25) is 0 Å². The van der Waals surface area contributed by atoms with Gasteiger partial charge in [-0.25, -0.2) is 0 Å². The average Bonchev–Trinajstić information content (AvgIpc) is 2.34. The largest absolute Gasteiger partial charge is 0.480 e. The summed E-state index contributed by atoms with van der Waals surface area (Å²) in [4.78, 5) is 21.5. The van der Waals surface area contributed by atoms with Gasteiger partial charge in [0.1, 0.15) is 17.7 Å². The second-order valence-electron chi connectivity index (χ2n) is 7.02. The first kappa shape index (κ1) is 23.1. The summed E-state index contributed by atoms with van der Waals surface area (Å²) >= 11 is 0. The molecule has 0 radical (unpaired) electrons. The number of aliphatic carboxylic acids is 1. The quantitative estimate of drug-likeness (QED) is 0.646. The van der Waals surface area contributed by atoms with Gasteiger partial charge in [0, 0.05) is 0 Å². The summed E-state index contributed by atoms with van der Waals surface area (Å²) in [6.45, 7) is 13.4. The maximum absolute atomic E-state index is 11.4. The smallest absolute Gasteiger partial charge is 0.323 e. The van der Waals surface area contributed by atoms with E-state index in [4.69, 9.17) is 21.3 Å². The standard InChI is InChI=1S/C10H21NO2.C6H13NO2/c1-6-7(2)8(11)9(12)13-10(3,4)5;1-4(2)3-5(7)6(8)9/h7-8H,6,11H2,1-5H3;4-5H,3,7H2,1-2H3,(H,8,9). The Balaban J connectivity index is 0. The zero-order chi connectivity index (χ0) is 18.1. The fourth-order valence-electron chi connectivity index (χ4n) is 1.46. The molecule has 3 atom stereocenters. The highest BCUT2D eigenvalue weighted by molar-refractivity contribution is 5.76. The van der Waals surface area contributed by atoms with E-state index in [2.05, 4.69) is 0 Å². The number of ether oxygens (including phenoxy) is 1. The normalized spacial score (nSPS) is 15.4. The SMILES string of the molecule is CC(C)CC(N)C(=O)O.CCC(C)C(N)C(=O)OC(C)(C)C. The van der Waals surface area contributed by atoms with Gasteiger partial charge in [0.05, 0.1) is 0 Å². The van der Waals surface area contributed by atoms with Gasteiger partial charge in [-0.3, -0.25) is 9.59 Å². The summed E-state index contributed by atoms with van der Waals surface area (Å²) in [6, 6.07) is -1.19. The molecule has 6 nitrogen and oxygen atoms in total. The molecule has 0 aromatic carbocycles. The molecule has 6 heteroatoms. The van der Waals surface area contributed by atoms with Gasteiger partial charge in [0.25, 0.3) is 0 Å². The molecule has 0 bridgehead atoms. The highest BCUT2D eigenvalue weighted by atomic mass is 16.6. The molecule has 0 amide bonds. The Morgan fingerprint density at radius 1 is 1.14 bits per heavy atom. The molecule has 0 fully saturated rings. The van der Waals surface area contributed by atoms with Crippen molar-refractivity contribution in [2.24, 2.45) is 23.3 Å².